The van der Waals surface area contributed by atoms with Crippen molar-refractivity contribution < 1.29 is 4.79 Å². The zero-order valence-corrected chi connectivity index (χ0v) is 14.6. The Morgan fingerprint density at radius 3 is 2.67 bits per heavy atom. The van der Waals surface area contributed by atoms with Gasteiger partial charge in [-0.2, -0.15) is 0 Å². The van der Waals surface area contributed by atoms with Crippen molar-refractivity contribution in [2.75, 3.05) is 20.1 Å². The van der Waals surface area contributed by atoms with Crippen LogP contribution in [0.4, 0.5) is 0 Å². The molecular weight excluding hydrogens is 302 g/mol. The van der Waals surface area contributed by atoms with Crippen molar-refractivity contribution in [2.24, 2.45) is 0 Å². The number of carbonyl (C=O) groups excluding carboxylic acids is 1. The van der Waals surface area contributed by atoms with Crippen LogP contribution in [0.3, 0.4) is 0 Å². The SMILES string of the molecule is CC(C)c1nnc2n1CCN(C(=O)CN(C)Cc1ccccc1)C2. The van der Waals surface area contributed by atoms with Crippen LogP contribution >= 0.6 is 0 Å². The predicted octanol–water partition coefficient (Wildman–Crippen LogP) is 1.88. The lowest BCUT2D eigenvalue weighted by Crippen LogP contribution is -2.43. The number of hydrogen-bond donors (Lipinski definition) is 0. The van der Waals surface area contributed by atoms with E-state index in [-0.39, 0.29) is 5.91 Å². The molecule has 0 radical (unpaired) electrons. The molecule has 0 spiro atoms. The molecule has 1 aromatic heterocycles. The average Bonchev–Trinajstić information content (AvgIpc) is 2.98. The lowest BCUT2D eigenvalue weighted by molar-refractivity contribution is -0.133. The maximum absolute atomic E-state index is 12.6. The van der Waals surface area contributed by atoms with Gasteiger partial charge in [0, 0.05) is 25.6 Å². The molecule has 0 aliphatic carbocycles. The molecule has 0 fully saturated rings. The van der Waals surface area contributed by atoms with Crippen LogP contribution in [-0.4, -0.2) is 50.6 Å². The first-order valence-corrected chi connectivity index (χ1v) is 8.47. The minimum Gasteiger partial charge on any atom is -0.332 e. The highest BCUT2D eigenvalue weighted by molar-refractivity contribution is 5.78. The molecule has 0 atom stereocenters. The zero-order chi connectivity index (χ0) is 17.1. The van der Waals surface area contributed by atoms with Gasteiger partial charge in [-0.3, -0.25) is 9.69 Å². The Kier molecular flexibility index (Phi) is 4.94. The van der Waals surface area contributed by atoms with Gasteiger partial charge in [0.2, 0.25) is 5.91 Å². The van der Waals surface area contributed by atoms with Crippen LogP contribution < -0.4 is 0 Å². The topological polar surface area (TPSA) is 54.3 Å². The first-order valence-electron chi connectivity index (χ1n) is 8.47. The van der Waals surface area contributed by atoms with Gasteiger partial charge >= 0.3 is 0 Å². The van der Waals surface area contributed by atoms with E-state index in [0.717, 1.165) is 31.3 Å². The molecule has 2 aromatic rings. The molecular formula is C18H25N5O. The monoisotopic (exact) mass is 327 g/mol. The van der Waals surface area contributed by atoms with Crippen molar-refractivity contribution in [1.29, 1.82) is 0 Å². The van der Waals surface area contributed by atoms with E-state index in [1.54, 1.807) is 0 Å². The Morgan fingerprint density at radius 1 is 1.21 bits per heavy atom. The zero-order valence-electron chi connectivity index (χ0n) is 14.6. The Morgan fingerprint density at radius 2 is 1.96 bits per heavy atom. The lowest BCUT2D eigenvalue weighted by Gasteiger charge is -2.29. The van der Waals surface area contributed by atoms with Crippen LogP contribution in [0.5, 0.6) is 0 Å². The fraction of sp³-hybridized carbons (Fsp3) is 0.500. The maximum atomic E-state index is 12.6. The Hall–Kier alpha value is -2.21. The summed E-state index contributed by atoms with van der Waals surface area (Å²) in [5, 5.41) is 8.54. The average molecular weight is 327 g/mol. The molecule has 0 unspecified atom stereocenters. The number of carbonyl (C=O) groups is 1. The van der Waals surface area contributed by atoms with Crippen LogP contribution in [0.1, 0.15) is 37.0 Å². The molecule has 128 valence electrons. The molecule has 1 aromatic carbocycles. The number of benzene rings is 1. The largest absolute Gasteiger partial charge is 0.332 e. The number of rotatable bonds is 5. The first-order chi connectivity index (χ1) is 11.5. The fourth-order valence-corrected chi connectivity index (χ4v) is 3.10. The second-order valence-electron chi connectivity index (χ2n) is 6.75. The molecule has 6 heteroatoms. The number of amides is 1. The molecule has 24 heavy (non-hydrogen) atoms. The minimum absolute atomic E-state index is 0.147. The van der Waals surface area contributed by atoms with E-state index in [0.29, 0.717) is 19.0 Å². The smallest absolute Gasteiger partial charge is 0.237 e. The lowest BCUT2D eigenvalue weighted by atomic mass is 10.2. The van der Waals surface area contributed by atoms with Gasteiger partial charge in [-0.15, -0.1) is 10.2 Å². The van der Waals surface area contributed by atoms with Crippen LogP contribution in [-0.2, 0) is 24.4 Å². The molecule has 6 nitrogen and oxygen atoms in total. The van der Waals surface area contributed by atoms with Crippen LogP contribution in [0.2, 0.25) is 0 Å². The molecule has 0 saturated heterocycles. The van der Waals surface area contributed by atoms with Crippen molar-refractivity contribution in [2.45, 2.75) is 39.4 Å². The number of fused-ring (bicyclic) bond motifs is 1. The van der Waals surface area contributed by atoms with E-state index in [2.05, 4.69) is 45.6 Å². The Labute approximate surface area is 143 Å². The first kappa shape index (κ1) is 16.6. The van der Waals surface area contributed by atoms with Gasteiger partial charge in [0.15, 0.2) is 5.82 Å². The second-order valence-corrected chi connectivity index (χ2v) is 6.75. The standard InChI is InChI=1S/C18H25N5O/c1-14(2)18-20-19-16-12-22(9-10-23(16)18)17(24)13-21(3)11-15-7-5-4-6-8-15/h4-8,14H,9-13H2,1-3H3. The third kappa shape index (κ3) is 3.64. The number of likely N-dealkylation sites (N-methyl/N-ethyl adjacent to an activating group) is 1. The predicted molar refractivity (Wildman–Crippen MR) is 92.3 cm³/mol. The van der Waals surface area contributed by atoms with Crippen LogP contribution in [0.25, 0.3) is 0 Å². The van der Waals surface area contributed by atoms with Crippen molar-refractivity contribution >= 4 is 5.91 Å². The van der Waals surface area contributed by atoms with E-state index in [4.69, 9.17) is 0 Å². The quantitative estimate of drug-likeness (QED) is 0.841. The van der Waals surface area contributed by atoms with Crippen molar-refractivity contribution in [3.05, 3.63) is 47.5 Å². The molecule has 3 rings (SSSR count). The van der Waals surface area contributed by atoms with Crippen molar-refractivity contribution in [3.63, 3.8) is 0 Å². The summed E-state index contributed by atoms with van der Waals surface area (Å²) in [6, 6.07) is 10.2. The van der Waals surface area contributed by atoms with Gasteiger partial charge in [0.1, 0.15) is 5.82 Å². The Bertz CT molecular complexity index is 695. The van der Waals surface area contributed by atoms with E-state index in [9.17, 15) is 4.79 Å². The molecule has 2 heterocycles. The normalized spacial score (nSPS) is 14.3. The highest BCUT2D eigenvalue weighted by atomic mass is 16.2. The third-order valence-electron chi connectivity index (χ3n) is 4.35. The second kappa shape index (κ2) is 7.13. The van der Waals surface area contributed by atoms with E-state index in [1.165, 1.54) is 5.56 Å². The summed E-state index contributed by atoms with van der Waals surface area (Å²) in [7, 11) is 1.98. The summed E-state index contributed by atoms with van der Waals surface area (Å²) in [5.41, 5.74) is 1.22. The van der Waals surface area contributed by atoms with E-state index in [1.807, 2.05) is 30.1 Å². The molecule has 1 aliphatic heterocycles. The van der Waals surface area contributed by atoms with Gasteiger partial charge in [-0.05, 0) is 12.6 Å². The number of aromatic nitrogens is 3. The highest BCUT2D eigenvalue weighted by Crippen LogP contribution is 2.18. The van der Waals surface area contributed by atoms with Crippen LogP contribution in [0.15, 0.2) is 30.3 Å². The van der Waals surface area contributed by atoms with Crippen molar-refractivity contribution in [1.82, 2.24) is 24.6 Å². The Balaban J connectivity index is 1.58. The molecule has 1 amide bonds. The van der Waals surface area contributed by atoms with E-state index < -0.39 is 0 Å². The summed E-state index contributed by atoms with van der Waals surface area (Å²) < 4.78 is 2.15. The van der Waals surface area contributed by atoms with Gasteiger partial charge < -0.3 is 9.47 Å². The fourth-order valence-electron chi connectivity index (χ4n) is 3.10. The molecule has 0 bridgehead atoms. The summed E-state index contributed by atoms with van der Waals surface area (Å²) in [6.45, 7) is 7.49. The maximum Gasteiger partial charge on any atom is 0.237 e. The summed E-state index contributed by atoms with van der Waals surface area (Å²) in [6.07, 6.45) is 0. The van der Waals surface area contributed by atoms with Crippen molar-refractivity contribution in [3.8, 4) is 0 Å². The summed E-state index contributed by atoms with van der Waals surface area (Å²) in [4.78, 5) is 16.5. The summed E-state index contributed by atoms with van der Waals surface area (Å²) >= 11 is 0. The summed E-state index contributed by atoms with van der Waals surface area (Å²) in [5.74, 6) is 2.40. The third-order valence-corrected chi connectivity index (χ3v) is 4.35. The number of nitrogens with zero attached hydrogens (tertiary/aromatic N) is 5. The number of hydrogen-bond acceptors (Lipinski definition) is 4. The molecule has 0 N–H and O–H groups in total. The minimum atomic E-state index is 0.147. The molecule has 1 aliphatic rings. The van der Waals surface area contributed by atoms with Gasteiger partial charge in [-0.1, -0.05) is 44.2 Å². The van der Waals surface area contributed by atoms with E-state index >= 15 is 0 Å². The van der Waals surface area contributed by atoms with Gasteiger partial charge in [0.05, 0.1) is 13.1 Å². The van der Waals surface area contributed by atoms with Gasteiger partial charge in [0.25, 0.3) is 0 Å². The highest BCUT2D eigenvalue weighted by Gasteiger charge is 2.25. The van der Waals surface area contributed by atoms with Gasteiger partial charge in [-0.25, -0.2) is 0 Å². The van der Waals surface area contributed by atoms with Crippen LogP contribution in [0, 0.1) is 0 Å². The molecule has 0 saturated carbocycles.